The number of carbonyl (C=O) groups is 1. The van der Waals surface area contributed by atoms with E-state index in [1.165, 1.54) is 17.0 Å². The van der Waals surface area contributed by atoms with Crippen molar-refractivity contribution in [2.45, 2.75) is 20.4 Å². The molecule has 0 unspecified atom stereocenters. The molecule has 0 fully saturated rings. The number of ether oxygens (including phenoxy) is 1. The molecule has 0 amide bonds. The molecule has 8 heteroatoms. The van der Waals surface area contributed by atoms with Crippen LogP contribution >= 0.6 is 0 Å². The molecule has 0 aliphatic heterocycles. The first-order chi connectivity index (χ1) is 11.5. The second kappa shape index (κ2) is 6.15. The van der Waals surface area contributed by atoms with Crippen LogP contribution in [0.5, 0.6) is 0 Å². The lowest BCUT2D eigenvalue weighted by atomic mass is 10.2. The summed E-state index contributed by atoms with van der Waals surface area (Å²) < 4.78 is 8.24. The smallest absolute Gasteiger partial charge is 0.351 e. The van der Waals surface area contributed by atoms with Gasteiger partial charge in [0, 0.05) is 18.1 Å². The summed E-state index contributed by atoms with van der Waals surface area (Å²) in [5.74, 6) is -0.582. The molecule has 2 heterocycles. The minimum atomic E-state index is -0.582. The van der Waals surface area contributed by atoms with E-state index in [0.717, 1.165) is 14.6 Å². The normalized spacial score (nSPS) is 10.9. The second-order valence-corrected chi connectivity index (χ2v) is 5.25. The average molecular weight is 328 g/mol. The van der Waals surface area contributed by atoms with Gasteiger partial charge in [0.25, 0.3) is 0 Å². The van der Waals surface area contributed by atoms with Crippen molar-refractivity contribution in [3.05, 3.63) is 63.1 Å². The molecule has 3 rings (SSSR count). The van der Waals surface area contributed by atoms with E-state index < -0.39 is 17.2 Å². The molecule has 124 valence electrons. The lowest BCUT2D eigenvalue weighted by Gasteiger charge is -2.05. The van der Waals surface area contributed by atoms with Crippen LogP contribution in [0.15, 0.2) is 46.2 Å². The molecule has 1 aromatic carbocycles. The van der Waals surface area contributed by atoms with E-state index in [1.807, 2.05) is 19.1 Å². The summed E-state index contributed by atoms with van der Waals surface area (Å²) in [7, 11) is 0. The van der Waals surface area contributed by atoms with Crippen LogP contribution in [0.4, 0.5) is 0 Å². The first-order valence-corrected chi connectivity index (χ1v) is 7.44. The van der Waals surface area contributed by atoms with Gasteiger partial charge in [-0.15, -0.1) is 5.10 Å². The Bertz CT molecular complexity index is 1010. The maximum absolute atomic E-state index is 12.6. The highest BCUT2D eigenvalue weighted by Crippen LogP contribution is 2.07. The SMILES string of the molecule is CCOC(=O)Cn1nc2c(=O)n(-c3ccc(C)cc3)ccn2c1=O. The van der Waals surface area contributed by atoms with E-state index in [1.54, 1.807) is 19.1 Å². The number of nitrogens with zero attached hydrogens (tertiary/aromatic N) is 4. The van der Waals surface area contributed by atoms with Crippen molar-refractivity contribution >= 4 is 11.6 Å². The zero-order valence-electron chi connectivity index (χ0n) is 13.3. The fourth-order valence-electron chi connectivity index (χ4n) is 2.35. The summed E-state index contributed by atoms with van der Waals surface area (Å²) >= 11 is 0. The van der Waals surface area contributed by atoms with Gasteiger partial charge in [0.15, 0.2) is 0 Å². The van der Waals surface area contributed by atoms with Crippen molar-refractivity contribution in [2.24, 2.45) is 0 Å². The summed E-state index contributed by atoms with van der Waals surface area (Å²) in [6.07, 6.45) is 2.95. The monoisotopic (exact) mass is 328 g/mol. The minimum absolute atomic E-state index is 0.0487. The first kappa shape index (κ1) is 15.7. The summed E-state index contributed by atoms with van der Waals surface area (Å²) in [5, 5.41) is 3.97. The van der Waals surface area contributed by atoms with Crippen molar-refractivity contribution in [3.8, 4) is 5.69 Å². The summed E-state index contributed by atoms with van der Waals surface area (Å²) in [4.78, 5) is 36.4. The van der Waals surface area contributed by atoms with Crippen LogP contribution in [0, 0.1) is 6.92 Å². The van der Waals surface area contributed by atoms with Gasteiger partial charge in [-0.05, 0) is 26.0 Å². The Labute approximate surface area is 136 Å². The number of esters is 1. The van der Waals surface area contributed by atoms with Gasteiger partial charge in [0.1, 0.15) is 6.54 Å². The van der Waals surface area contributed by atoms with Crippen molar-refractivity contribution in [1.29, 1.82) is 0 Å². The molecule has 0 spiro atoms. The third-order valence-corrected chi connectivity index (χ3v) is 3.54. The van der Waals surface area contributed by atoms with Gasteiger partial charge in [-0.1, -0.05) is 17.7 Å². The standard InChI is InChI=1S/C16H16N4O4/c1-3-24-13(21)10-20-16(23)19-9-8-18(15(22)14(19)17-20)12-6-4-11(2)5-7-12/h4-9H,3,10H2,1-2H3. The van der Waals surface area contributed by atoms with E-state index in [0.29, 0.717) is 5.69 Å². The van der Waals surface area contributed by atoms with Crippen LogP contribution in [0.1, 0.15) is 12.5 Å². The van der Waals surface area contributed by atoms with E-state index in [-0.39, 0.29) is 18.8 Å². The molecule has 0 radical (unpaired) electrons. The number of benzene rings is 1. The second-order valence-electron chi connectivity index (χ2n) is 5.25. The van der Waals surface area contributed by atoms with Crippen LogP contribution in [0.2, 0.25) is 0 Å². The molecule has 24 heavy (non-hydrogen) atoms. The average Bonchev–Trinajstić information content (AvgIpc) is 2.87. The molecule has 2 aromatic heterocycles. The molecular formula is C16H16N4O4. The molecule has 3 aromatic rings. The number of rotatable bonds is 4. The lowest BCUT2D eigenvalue weighted by molar-refractivity contribution is -0.144. The van der Waals surface area contributed by atoms with E-state index >= 15 is 0 Å². The third-order valence-electron chi connectivity index (χ3n) is 3.54. The zero-order valence-corrected chi connectivity index (χ0v) is 13.3. The Kier molecular flexibility index (Phi) is 4.03. The summed E-state index contributed by atoms with van der Waals surface area (Å²) in [6, 6.07) is 7.39. The van der Waals surface area contributed by atoms with Crippen molar-refractivity contribution in [3.63, 3.8) is 0 Å². The van der Waals surface area contributed by atoms with E-state index in [4.69, 9.17) is 4.74 Å². The quantitative estimate of drug-likeness (QED) is 0.652. The van der Waals surface area contributed by atoms with Gasteiger partial charge in [0.2, 0.25) is 5.65 Å². The Morgan fingerprint density at radius 1 is 1.17 bits per heavy atom. The zero-order chi connectivity index (χ0) is 17.3. The van der Waals surface area contributed by atoms with Crippen LogP contribution in [0.25, 0.3) is 11.3 Å². The Morgan fingerprint density at radius 2 is 1.88 bits per heavy atom. The molecule has 0 aliphatic carbocycles. The fraction of sp³-hybridized carbons (Fsp3) is 0.250. The molecular weight excluding hydrogens is 312 g/mol. The molecule has 0 N–H and O–H groups in total. The highest BCUT2D eigenvalue weighted by atomic mass is 16.5. The van der Waals surface area contributed by atoms with Crippen molar-refractivity contribution < 1.29 is 9.53 Å². The Hall–Kier alpha value is -3.16. The highest BCUT2D eigenvalue weighted by molar-refractivity contribution is 5.69. The van der Waals surface area contributed by atoms with Gasteiger partial charge < -0.3 is 4.74 Å². The largest absolute Gasteiger partial charge is 0.465 e. The number of hydrogen-bond acceptors (Lipinski definition) is 5. The van der Waals surface area contributed by atoms with Gasteiger partial charge in [-0.25, -0.2) is 13.9 Å². The molecule has 8 nitrogen and oxygen atoms in total. The van der Waals surface area contributed by atoms with E-state index in [9.17, 15) is 14.4 Å². The number of carbonyl (C=O) groups excluding carboxylic acids is 1. The fourth-order valence-corrected chi connectivity index (χ4v) is 2.35. The Balaban J connectivity index is 2.09. The predicted octanol–water partition coefficient (Wildman–Crippen LogP) is 0.518. The van der Waals surface area contributed by atoms with Crippen molar-refractivity contribution in [2.75, 3.05) is 6.61 Å². The van der Waals surface area contributed by atoms with Gasteiger partial charge in [0.05, 0.1) is 6.61 Å². The number of hydrogen-bond donors (Lipinski definition) is 0. The maximum atomic E-state index is 12.6. The topological polar surface area (TPSA) is 87.6 Å². The van der Waals surface area contributed by atoms with Crippen LogP contribution < -0.4 is 11.2 Å². The van der Waals surface area contributed by atoms with Crippen LogP contribution in [-0.2, 0) is 16.1 Å². The van der Waals surface area contributed by atoms with Gasteiger partial charge >= 0.3 is 17.2 Å². The summed E-state index contributed by atoms with van der Waals surface area (Å²) in [6.45, 7) is 3.50. The lowest BCUT2D eigenvalue weighted by Crippen LogP contribution is -2.26. The van der Waals surface area contributed by atoms with Gasteiger partial charge in [-0.3, -0.25) is 14.2 Å². The highest BCUT2D eigenvalue weighted by Gasteiger charge is 2.15. The van der Waals surface area contributed by atoms with Gasteiger partial charge in [-0.2, -0.15) is 0 Å². The first-order valence-electron chi connectivity index (χ1n) is 7.44. The molecule has 0 atom stereocenters. The predicted molar refractivity (Wildman–Crippen MR) is 86.4 cm³/mol. The Morgan fingerprint density at radius 3 is 2.54 bits per heavy atom. The van der Waals surface area contributed by atoms with Crippen molar-refractivity contribution in [1.82, 2.24) is 18.7 Å². The number of aromatic nitrogens is 4. The van der Waals surface area contributed by atoms with Crippen LogP contribution in [-0.4, -0.2) is 31.3 Å². The van der Waals surface area contributed by atoms with E-state index in [2.05, 4.69) is 5.10 Å². The number of aryl methyl sites for hydroxylation is 1. The summed E-state index contributed by atoms with van der Waals surface area (Å²) in [5.41, 5.74) is 0.683. The molecule has 0 bridgehead atoms. The third kappa shape index (κ3) is 2.73. The molecule has 0 saturated heterocycles. The van der Waals surface area contributed by atoms with Crippen LogP contribution in [0.3, 0.4) is 0 Å². The number of fused-ring (bicyclic) bond motifs is 1. The maximum Gasteiger partial charge on any atom is 0.351 e. The molecule has 0 aliphatic rings. The molecule has 0 saturated carbocycles. The minimum Gasteiger partial charge on any atom is -0.465 e.